The largest absolute Gasteiger partial charge is 0.304 e. The second-order valence-electron chi connectivity index (χ2n) is 9.25. The second-order valence-corrected chi connectivity index (χ2v) is 11.2. The predicted octanol–water partition coefficient (Wildman–Crippen LogP) is 3.19. The van der Waals surface area contributed by atoms with Crippen LogP contribution in [0.5, 0.6) is 0 Å². The van der Waals surface area contributed by atoms with E-state index in [1.54, 1.807) is 37.2 Å². The van der Waals surface area contributed by atoms with Gasteiger partial charge in [0.1, 0.15) is 6.33 Å². The molecule has 0 aromatic carbocycles. The lowest BCUT2D eigenvalue weighted by atomic mass is 10.4. The zero-order chi connectivity index (χ0) is 30.0. The van der Waals surface area contributed by atoms with Gasteiger partial charge >= 0.3 is 0 Å². The summed E-state index contributed by atoms with van der Waals surface area (Å²) >= 11 is 0. The van der Waals surface area contributed by atoms with Crippen molar-refractivity contribution in [3.63, 3.8) is 0 Å². The molecule has 11 nitrogen and oxygen atoms in total. The quantitative estimate of drug-likeness (QED) is 0.340. The van der Waals surface area contributed by atoms with Crippen LogP contribution < -0.4 is 0 Å². The highest BCUT2D eigenvalue weighted by Gasteiger charge is 2.20. The molecular formula is C28H43N9O2S. The average molecular weight is 570 g/mol. The van der Waals surface area contributed by atoms with Crippen molar-refractivity contribution in [1.82, 2.24) is 43.9 Å². The molecule has 5 rings (SSSR count). The Labute approximate surface area is 239 Å². The fourth-order valence-electron chi connectivity index (χ4n) is 3.06. The van der Waals surface area contributed by atoms with E-state index in [2.05, 4.69) is 41.0 Å². The third kappa shape index (κ3) is 16.4. The maximum Gasteiger partial charge on any atom is 0.211 e. The normalized spacial score (nSPS) is 13.1. The minimum absolute atomic E-state index is 0.634. The number of rotatable bonds is 1. The molecule has 0 spiro atoms. The van der Waals surface area contributed by atoms with Crippen LogP contribution in [0.15, 0.2) is 67.8 Å². The van der Waals surface area contributed by atoms with Crippen LogP contribution in [-0.4, -0.2) is 91.8 Å². The molecule has 218 valence electrons. The summed E-state index contributed by atoms with van der Waals surface area (Å²) in [6.45, 7) is 12.8. The van der Waals surface area contributed by atoms with Crippen molar-refractivity contribution in [1.29, 1.82) is 0 Å². The monoisotopic (exact) mass is 569 g/mol. The van der Waals surface area contributed by atoms with Gasteiger partial charge in [0, 0.05) is 81.8 Å². The van der Waals surface area contributed by atoms with E-state index in [-0.39, 0.29) is 0 Å². The van der Waals surface area contributed by atoms with Gasteiger partial charge in [-0.3, -0.25) is 19.6 Å². The molecule has 1 aliphatic rings. The maximum atomic E-state index is 11.0. The Hall–Kier alpha value is -3.61. The molecule has 0 saturated carbocycles. The molecule has 12 heteroatoms. The van der Waals surface area contributed by atoms with Gasteiger partial charge in [0.05, 0.1) is 17.6 Å². The molecule has 1 aliphatic heterocycles. The van der Waals surface area contributed by atoms with Crippen LogP contribution in [0.2, 0.25) is 0 Å². The van der Waals surface area contributed by atoms with Crippen molar-refractivity contribution in [2.24, 2.45) is 7.05 Å². The van der Waals surface area contributed by atoms with Crippen molar-refractivity contribution in [3.8, 4) is 0 Å². The summed E-state index contributed by atoms with van der Waals surface area (Å²) in [5.74, 6) is 0. The van der Waals surface area contributed by atoms with E-state index >= 15 is 0 Å². The first-order valence-corrected chi connectivity index (χ1v) is 14.7. The minimum Gasteiger partial charge on any atom is -0.304 e. The number of aryl methyl sites for hydroxylation is 6. The Morgan fingerprint density at radius 1 is 0.725 bits per heavy atom. The highest BCUT2D eigenvalue weighted by atomic mass is 32.2. The zero-order valence-corrected chi connectivity index (χ0v) is 25.7. The van der Waals surface area contributed by atoms with Crippen molar-refractivity contribution in [3.05, 3.63) is 96.1 Å². The van der Waals surface area contributed by atoms with E-state index in [9.17, 15) is 8.42 Å². The SMILES string of the molecule is CN1CCN(S(C)(=O)=O)CC1.Cc1cc(C)n(C)n1.Cc1ccccn1.Cc1cnccn1.Cc1cncnc1. The topological polar surface area (TPSA) is 123 Å². The fraction of sp³-hybridized carbons (Fsp3) is 0.429. The molecule has 0 unspecified atom stereocenters. The van der Waals surface area contributed by atoms with Crippen LogP contribution in [-0.2, 0) is 17.1 Å². The Kier molecular flexibility index (Phi) is 16.0. The molecule has 0 aliphatic carbocycles. The zero-order valence-electron chi connectivity index (χ0n) is 24.9. The Morgan fingerprint density at radius 3 is 1.62 bits per heavy atom. The van der Waals surface area contributed by atoms with Gasteiger partial charge in [-0.15, -0.1) is 0 Å². The molecule has 4 aromatic heterocycles. The molecule has 4 aromatic rings. The van der Waals surface area contributed by atoms with E-state index in [4.69, 9.17) is 0 Å². The van der Waals surface area contributed by atoms with Gasteiger partial charge in [-0.1, -0.05) is 6.07 Å². The lowest BCUT2D eigenvalue weighted by Crippen LogP contribution is -2.46. The van der Waals surface area contributed by atoms with E-state index in [0.29, 0.717) is 13.1 Å². The molecule has 40 heavy (non-hydrogen) atoms. The van der Waals surface area contributed by atoms with Gasteiger partial charge in [-0.05, 0) is 65.4 Å². The molecular weight excluding hydrogens is 526 g/mol. The number of hydrogen-bond acceptors (Lipinski definition) is 9. The standard InChI is InChI=1S/C6H14N2O2S.C6H10N2.C6H7N.2C5H6N2/c1-7-3-5-8(6-4-7)11(2,9)10;1-5-4-6(2)8(3)7-5;1-6-4-2-3-5-7-6;1-5-2-6-4-7-3-5;1-5-4-6-2-3-7-5/h3-6H2,1-2H3;4H,1-3H3;2-5H,1H3;2*2-4H,1H3. The number of pyridine rings is 1. The predicted molar refractivity (Wildman–Crippen MR) is 159 cm³/mol. The summed E-state index contributed by atoms with van der Waals surface area (Å²) < 4.78 is 25.4. The van der Waals surface area contributed by atoms with Gasteiger partial charge in [-0.2, -0.15) is 9.40 Å². The molecule has 0 amide bonds. The van der Waals surface area contributed by atoms with E-state index in [1.165, 1.54) is 22.6 Å². The summed E-state index contributed by atoms with van der Waals surface area (Å²) in [6, 6.07) is 7.91. The average Bonchev–Trinajstić information content (AvgIpc) is 3.21. The summed E-state index contributed by atoms with van der Waals surface area (Å²) in [4.78, 5) is 21.4. The third-order valence-corrected chi connectivity index (χ3v) is 6.67. The highest BCUT2D eigenvalue weighted by Crippen LogP contribution is 2.03. The molecule has 1 saturated heterocycles. The Morgan fingerprint density at radius 2 is 1.35 bits per heavy atom. The number of likely N-dealkylation sites (N-methyl/N-ethyl adjacent to an activating group) is 1. The first-order valence-electron chi connectivity index (χ1n) is 12.8. The first kappa shape index (κ1) is 34.4. The van der Waals surface area contributed by atoms with Gasteiger partial charge in [0.25, 0.3) is 0 Å². The third-order valence-electron chi connectivity index (χ3n) is 5.36. The van der Waals surface area contributed by atoms with Crippen LogP contribution in [0.3, 0.4) is 0 Å². The lowest BCUT2D eigenvalue weighted by molar-refractivity contribution is 0.223. The molecule has 5 heterocycles. The van der Waals surface area contributed by atoms with Crippen LogP contribution in [0.1, 0.15) is 28.3 Å². The molecule has 0 radical (unpaired) electrons. The van der Waals surface area contributed by atoms with E-state index < -0.39 is 10.0 Å². The maximum absolute atomic E-state index is 11.0. The first-order chi connectivity index (χ1) is 18.9. The summed E-state index contributed by atoms with van der Waals surface area (Å²) in [6.07, 6.45) is 13.2. The second kappa shape index (κ2) is 18.6. The fourth-order valence-corrected chi connectivity index (χ4v) is 3.88. The van der Waals surface area contributed by atoms with Crippen LogP contribution >= 0.6 is 0 Å². The lowest BCUT2D eigenvalue weighted by Gasteiger charge is -2.30. The van der Waals surface area contributed by atoms with Gasteiger partial charge in [0.15, 0.2) is 0 Å². The van der Waals surface area contributed by atoms with Crippen LogP contribution in [0.4, 0.5) is 0 Å². The summed E-state index contributed by atoms with van der Waals surface area (Å²) in [5, 5.41) is 4.13. The number of aromatic nitrogens is 7. The van der Waals surface area contributed by atoms with Gasteiger partial charge in [-0.25, -0.2) is 18.4 Å². The molecule has 0 N–H and O–H groups in total. The van der Waals surface area contributed by atoms with Crippen molar-refractivity contribution in [2.45, 2.75) is 34.6 Å². The molecule has 0 atom stereocenters. The highest BCUT2D eigenvalue weighted by molar-refractivity contribution is 7.88. The van der Waals surface area contributed by atoms with Crippen molar-refractivity contribution in [2.75, 3.05) is 39.5 Å². The number of nitrogens with zero attached hydrogens (tertiary/aromatic N) is 9. The van der Waals surface area contributed by atoms with Gasteiger partial charge < -0.3 is 4.90 Å². The number of sulfonamides is 1. The van der Waals surface area contributed by atoms with Gasteiger partial charge in [0.2, 0.25) is 10.0 Å². The van der Waals surface area contributed by atoms with Crippen molar-refractivity contribution >= 4 is 10.0 Å². The van der Waals surface area contributed by atoms with E-state index in [1.807, 2.05) is 71.6 Å². The number of hydrogen-bond donors (Lipinski definition) is 0. The minimum atomic E-state index is -2.94. The molecule has 1 fully saturated rings. The summed E-state index contributed by atoms with van der Waals surface area (Å²) in [5.41, 5.74) is 5.43. The van der Waals surface area contributed by atoms with E-state index in [0.717, 1.165) is 35.7 Å². The molecule has 0 bridgehead atoms. The smallest absolute Gasteiger partial charge is 0.211 e. The van der Waals surface area contributed by atoms with Crippen LogP contribution in [0, 0.1) is 34.6 Å². The van der Waals surface area contributed by atoms with Crippen molar-refractivity contribution < 1.29 is 8.42 Å². The Balaban J connectivity index is 0.000000253. The number of piperazine rings is 1. The summed E-state index contributed by atoms with van der Waals surface area (Å²) in [7, 11) is 1.00. The van der Waals surface area contributed by atoms with Crippen LogP contribution in [0.25, 0.3) is 0 Å². The Bertz CT molecular complexity index is 1190.